The summed E-state index contributed by atoms with van der Waals surface area (Å²) in [6.07, 6.45) is 0.666. The van der Waals surface area contributed by atoms with E-state index in [2.05, 4.69) is 5.32 Å². The molecule has 0 bridgehead atoms. The van der Waals surface area contributed by atoms with Gasteiger partial charge in [-0.05, 0) is 55.7 Å². The average Bonchev–Trinajstić information content (AvgIpc) is 2.80. The Hall–Kier alpha value is -3.42. The Morgan fingerprint density at radius 2 is 1.78 bits per heavy atom. The monoisotopic (exact) mass is 442 g/mol. The molecule has 1 aliphatic heterocycles. The highest BCUT2D eigenvalue weighted by molar-refractivity contribution is 5.90. The lowest BCUT2D eigenvalue weighted by Crippen LogP contribution is -2.43. The molecule has 1 N–H and O–H groups in total. The second-order valence-electron chi connectivity index (χ2n) is 7.27. The Morgan fingerprint density at radius 1 is 1.06 bits per heavy atom. The van der Waals surface area contributed by atoms with Crippen LogP contribution in [0.2, 0.25) is 0 Å². The van der Waals surface area contributed by atoms with Crippen LogP contribution in [-0.2, 0) is 16.0 Å². The number of carbonyl (C=O) groups is 2. The van der Waals surface area contributed by atoms with Crippen LogP contribution in [0.3, 0.4) is 0 Å². The molecule has 3 rings (SSSR count). The zero-order valence-electron chi connectivity index (χ0n) is 19.0. The van der Waals surface area contributed by atoms with Gasteiger partial charge < -0.3 is 29.2 Å². The maximum atomic E-state index is 13.2. The Bertz CT molecular complexity index is 962. The predicted molar refractivity (Wildman–Crippen MR) is 121 cm³/mol. The van der Waals surface area contributed by atoms with Crippen molar-refractivity contribution in [3.63, 3.8) is 0 Å². The van der Waals surface area contributed by atoms with Crippen LogP contribution in [0, 0.1) is 0 Å². The van der Waals surface area contributed by atoms with E-state index in [0.29, 0.717) is 49.1 Å². The summed E-state index contributed by atoms with van der Waals surface area (Å²) in [6.45, 7) is 5.25. The number of anilines is 1. The molecule has 2 aromatic carbocycles. The molecule has 0 radical (unpaired) electrons. The van der Waals surface area contributed by atoms with Crippen molar-refractivity contribution in [2.45, 2.75) is 32.7 Å². The highest BCUT2D eigenvalue weighted by Gasteiger charge is 2.34. The van der Waals surface area contributed by atoms with Gasteiger partial charge >= 0.3 is 12.0 Å². The van der Waals surface area contributed by atoms with Crippen molar-refractivity contribution in [3.8, 4) is 17.2 Å². The minimum absolute atomic E-state index is 0.0363. The Morgan fingerprint density at radius 3 is 2.44 bits per heavy atom. The van der Waals surface area contributed by atoms with E-state index in [-0.39, 0.29) is 12.5 Å². The number of esters is 1. The summed E-state index contributed by atoms with van der Waals surface area (Å²) in [7, 11) is 2.91. The number of benzene rings is 2. The molecule has 2 aromatic rings. The number of hydrogen-bond acceptors (Lipinski definition) is 6. The van der Waals surface area contributed by atoms with Crippen LogP contribution < -0.4 is 19.5 Å². The molecule has 0 saturated heterocycles. The fourth-order valence-corrected chi connectivity index (χ4v) is 3.85. The first kappa shape index (κ1) is 23.2. The van der Waals surface area contributed by atoms with Gasteiger partial charge in [0.15, 0.2) is 11.5 Å². The number of ether oxygens (including phenoxy) is 4. The van der Waals surface area contributed by atoms with Gasteiger partial charge in [-0.15, -0.1) is 0 Å². The van der Waals surface area contributed by atoms with Crippen LogP contribution in [0.25, 0.3) is 0 Å². The van der Waals surface area contributed by atoms with Gasteiger partial charge in [0.25, 0.3) is 0 Å². The molecule has 0 spiro atoms. The zero-order chi connectivity index (χ0) is 23.1. The molecule has 1 aliphatic rings. The van der Waals surface area contributed by atoms with E-state index in [1.54, 1.807) is 36.3 Å². The van der Waals surface area contributed by atoms with Crippen molar-refractivity contribution in [2.24, 2.45) is 0 Å². The summed E-state index contributed by atoms with van der Waals surface area (Å²) in [5, 5.41) is 2.91. The smallest absolute Gasteiger partial charge is 0.322 e. The summed E-state index contributed by atoms with van der Waals surface area (Å²) < 4.78 is 21.7. The number of rotatable bonds is 8. The zero-order valence-corrected chi connectivity index (χ0v) is 19.0. The Kier molecular flexibility index (Phi) is 7.81. The lowest BCUT2D eigenvalue weighted by atomic mass is 9.90. The van der Waals surface area contributed by atoms with Crippen LogP contribution in [0.15, 0.2) is 36.4 Å². The molecule has 1 unspecified atom stereocenters. The van der Waals surface area contributed by atoms with Crippen molar-refractivity contribution in [1.82, 2.24) is 4.90 Å². The van der Waals surface area contributed by atoms with Crippen molar-refractivity contribution >= 4 is 17.7 Å². The molecular weight excluding hydrogens is 412 g/mol. The molecule has 1 heterocycles. The number of carbonyl (C=O) groups excluding carboxylic acids is 2. The Balaban J connectivity index is 1.94. The van der Waals surface area contributed by atoms with Crippen LogP contribution in [-0.4, -0.2) is 50.9 Å². The minimum atomic E-state index is -0.494. The first-order valence-electron chi connectivity index (χ1n) is 10.7. The molecule has 0 saturated carbocycles. The van der Waals surface area contributed by atoms with E-state index in [0.717, 1.165) is 11.1 Å². The minimum Gasteiger partial charge on any atom is -0.497 e. The molecule has 172 valence electrons. The van der Waals surface area contributed by atoms with Gasteiger partial charge in [-0.1, -0.05) is 6.07 Å². The number of nitrogens with one attached hydrogen (secondary N) is 1. The van der Waals surface area contributed by atoms with Gasteiger partial charge in [-0.25, -0.2) is 4.79 Å². The summed E-state index contributed by atoms with van der Waals surface area (Å²) in [4.78, 5) is 27.1. The average molecular weight is 443 g/mol. The molecule has 0 aromatic heterocycles. The van der Waals surface area contributed by atoms with Crippen molar-refractivity contribution < 1.29 is 28.5 Å². The summed E-state index contributed by atoms with van der Waals surface area (Å²) >= 11 is 0. The topological polar surface area (TPSA) is 86.3 Å². The third-order valence-corrected chi connectivity index (χ3v) is 5.33. The van der Waals surface area contributed by atoms with Crippen LogP contribution in [0.5, 0.6) is 17.2 Å². The third-order valence-electron chi connectivity index (χ3n) is 5.33. The van der Waals surface area contributed by atoms with E-state index in [1.165, 1.54) is 7.11 Å². The van der Waals surface area contributed by atoms with Crippen molar-refractivity contribution in [3.05, 3.63) is 47.5 Å². The van der Waals surface area contributed by atoms with Gasteiger partial charge in [0.2, 0.25) is 0 Å². The van der Waals surface area contributed by atoms with E-state index < -0.39 is 12.0 Å². The van der Waals surface area contributed by atoms with Crippen LogP contribution >= 0.6 is 0 Å². The SMILES string of the molecule is CCOc1cc2c(cc1OCC)C(CC(=O)OC)N(C(=O)Nc1cccc(OC)c1)CC2. The first-order valence-corrected chi connectivity index (χ1v) is 10.7. The number of fused-ring (bicyclic) bond motifs is 1. The lowest BCUT2D eigenvalue weighted by Gasteiger charge is -2.37. The number of nitrogens with zero attached hydrogens (tertiary/aromatic N) is 1. The first-order chi connectivity index (χ1) is 15.5. The molecule has 32 heavy (non-hydrogen) atoms. The molecule has 0 fully saturated rings. The van der Waals surface area contributed by atoms with Gasteiger partial charge in [-0.2, -0.15) is 0 Å². The fourth-order valence-electron chi connectivity index (χ4n) is 3.85. The molecule has 0 aliphatic carbocycles. The van der Waals surface area contributed by atoms with E-state index in [9.17, 15) is 9.59 Å². The summed E-state index contributed by atoms with van der Waals surface area (Å²) in [6, 6.07) is 10.2. The summed E-state index contributed by atoms with van der Waals surface area (Å²) in [5.74, 6) is 1.51. The van der Waals surface area contributed by atoms with Crippen molar-refractivity contribution in [1.29, 1.82) is 0 Å². The van der Waals surface area contributed by atoms with E-state index in [4.69, 9.17) is 18.9 Å². The lowest BCUT2D eigenvalue weighted by molar-refractivity contribution is -0.141. The number of hydrogen-bond donors (Lipinski definition) is 1. The van der Waals surface area contributed by atoms with Gasteiger partial charge in [0.1, 0.15) is 5.75 Å². The molecule has 8 nitrogen and oxygen atoms in total. The molecule has 8 heteroatoms. The molecule has 2 amide bonds. The predicted octanol–water partition coefficient (Wildman–Crippen LogP) is 4.19. The van der Waals surface area contributed by atoms with Crippen LogP contribution in [0.4, 0.5) is 10.5 Å². The molecule has 1 atom stereocenters. The Labute approximate surface area is 188 Å². The van der Waals surface area contributed by atoms with E-state index in [1.807, 2.05) is 26.0 Å². The highest BCUT2D eigenvalue weighted by Crippen LogP contribution is 2.40. The summed E-state index contributed by atoms with van der Waals surface area (Å²) in [5.41, 5.74) is 2.49. The highest BCUT2D eigenvalue weighted by atomic mass is 16.5. The largest absolute Gasteiger partial charge is 0.497 e. The second kappa shape index (κ2) is 10.7. The van der Waals surface area contributed by atoms with Crippen LogP contribution in [0.1, 0.15) is 37.4 Å². The fraction of sp³-hybridized carbons (Fsp3) is 0.417. The number of amides is 2. The molecular formula is C24H30N2O6. The number of methoxy groups -OCH3 is 2. The number of urea groups is 1. The normalized spacial score (nSPS) is 14.9. The maximum absolute atomic E-state index is 13.2. The van der Waals surface area contributed by atoms with Gasteiger partial charge in [0.05, 0.1) is 39.9 Å². The maximum Gasteiger partial charge on any atom is 0.322 e. The third kappa shape index (κ3) is 5.25. The van der Waals surface area contributed by atoms with Gasteiger partial charge in [-0.3, -0.25) is 4.79 Å². The standard InChI is InChI=1S/C24H30N2O6/c1-5-31-21-12-16-10-11-26(24(28)25-17-8-7-9-18(13-17)29-3)20(15-23(27)30-4)19(16)14-22(21)32-6-2/h7-9,12-14,20H,5-6,10-11,15H2,1-4H3,(H,25,28). The van der Waals surface area contributed by atoms with Crippen molar-refractivity contribution in [2.75, 3.05) is 39.3 Å². The second-order valence-corrected chi connectivity index (χ2v) is 7.27. The van der Waals surface area contributed by atoms with E-state index >= 15 is 0 Å². The quantitative estimate of drug-likeness (QED) is 0.617. The van der Waals surface area contributed by atoms with Gasteiger partial charge in [0, 0.05) is 18.3 Å².